The van der Waals surface area contributed by atoms with E-state index >= 15 is 0 Å². The SMILES string of the molecule is O=C(OC[C@@H](O)[C@@H]1O[C@@H](c2ccccc2)O[C@@H](COC(=O)c2ccccc2)[C@@H]1O)c1ccccc1. The van der Waals surface area contributed by atoms with Crippen molar-refractivity contribution in [3.05, 3.63) is 108 Å². The minimum Gasteiger partial charge on any atom is -0.459 e. The Morgan fingerprint density at radius 1 is 0.771 bits per heavy atom. The number of esters is 2. The molecule has 1 heterocycles. The lowest BCUT2D eigenvalue weighted by atomic mass is 10.0. The van der Waals surface area contributed by atoms with E-state index in [9.17, 15) is 19.8 Å². The van der Waals surface area contributed by atoms with Crippen LogP contribution >= 0.6 is 0 Å². The van der Waals surface area contributed by atoms with Crippen LogP contribution in [-0.2, 0) is 18.9 Å². The van der Waals surface area contributed by atoms with Gasteiger partial charge in [0.2, 0.25) is 0 Å². The highest BCUT2D eigenvalue weighted by atomic mass is 16.7. The Balaban J connectivity index is 1.44. The summed E-state index contributed by atoms with van der Waals surface area (Å²) < 4.78 is 22.3. The van der Waals surface area contributed by atoms with Crippen molar-refractivity contribution in [1.82, 2.24) is 0 Å². The van der Waals surface area contributed by atoms with Crippen molar-refractivity contribution in [1.29, 1.82) is 0 Å². The summed E-state index contributed by atoms with van der Waals surface area (Å²) in [5.41, 5.74) is 1.34. The number of aliphatic hydroxyl groups excluding tert-OH is 2. The minimum atomic E-state index is -1.36. The molecule has 1 aliphatic rings. The third kappa shape index (κ3) is 6.32. The first-order valence-electron chi connectivity index (χ1n) is 11.2. The van der Waals surface area contributed by atoms with Crippen LogP contribution in [0, 0.1) is 0 Å². The topological polar surface area (TPSA) is 112 Å². The first-order valence-corrected chi connectivity index (χ1v) is 11.2. The van der Waals surface area contributed by atoms with Crippen LogP contribution < -0.4 is 0 Å². The van der Waals surface area contributed by atoms with Crippen LogP contribution in [0.5, 0.6) is 0 Å². The molecule has 8 nitrogen and oxygen atoms in total. The van der Waals surface area contributed by atoms with E-state index in [1.54, 1.807) is 84.9 Å². The van der Waals surface area contributed by atoms with E-state index in [0.717, 1.165) is 0 Å². The van der Waals surface area contributed by atoms with E-state index in [1.165, 1.54) is 0 Å². The number of ether oxygens (including phenoxy) is 4. The molecule has 0 bridgehead atoms. The maximum atomic E-state index is 12.4. The molecule has 5 atom stereocenters. The van der Waals surface area contributed by atoms with Gasteiger partial charge in [-0.3, -0.25) is 0 Å². The number of rotatable bonds is 8. The molecule has 8 heteroatoms. The highest BCUT2D eigenvalue weighted by Crippen LogP contribution is 2.32. The maximum Gasteiger partial charge on any atom is 0.338 e. The van der Waals surface area contributed by atoms with Gasteiger partial charge in [-0.1, -0.05) is 66.7 Å². The average molecular weight is 478 g/mol. The van der Waals surface area contributed by atoms with Crippen molar-refractivity contribution in [2.24, 2.45) is 0 Å². The van der Waals surface area contributed by atoms with Gasteiger partial charge in [0.25, 0.3) is 0 Å². The molecule has 1 aliphatic heterocycles. The number of benzene rings is 3. The normalized spacial score (nSPS) is 22.7. The molecule has 3 aromatic carbocycles. The summed E-state index contributed by atoms with van der Waals surface area (Å²) in [6.45, 7) is -0.678. The fourth-order valence-corrected chi connectivity index (χ4v) is 3.66. The van der Waals surface area contributed by atoms with E-state index < -0.39 is 49.3 Å². The van der Waals surface area contributed by atoms with Gasteiger partial charge in [0.05, 0.1) is 11.1 Å². The Morgan fingerprint density at radius 3 is 1.86 bits per heavy atom. The molecule has 182 valence electrons. The van der Waals surface area contributed by atoms with Crippen LogP contribution in [0.15, 0.2) is 91.0 Å². The summed E-state index contributed by atoms with van der Waals surface area (Å²) in [5.74, 6) is -1.18. The van der Waals surface area contributed by atoms with E-state index in [2.05, 4.69) is 0 Å². The molecular formula is C27H26O8. The van der Waals surface area contributed by atoms with Crippen molar-refractivity contribution in [2.45, 2.75) is 30.7 Å². The lowest BCUT2D eigenvalue weighted by molar-refractivity contribution is -0.310. The maximum absolute atomic E-state index is 12.4. The van der Waals surface area contributed by atoms with Crippen LogP contribution in [0.25, 0.3) is 0 Å². The summed E-state index contributed by atoms with van der Waals surface area (Å²) >= 11 is 0. The van der Waals surface area contributed by atoms with E-state index in [1.807, 2.05) is 6.07 Å². The highest BCUT2D eigenvalue weighted by Gasteiger charge is 2.43. The van der Waals surface area contributed by atoms with Gasteiger partial charge in [0.1, 0.15) is 37.6 Å². The predicted molar refractivity (Wildman–Crippen MR) is 124 cm³/mol. The zero-order valence-corrected chi connectivity index (χ0v) is 18.8. The molecule has 0 spiro atoms. The third-order valence-corrected chi connectivity index (χ3v) is 5.53. The summed E-state index contributed by atoms with van der Waals surface area (Å²) in [4.78, 5) is 24.6. The van der Waals surface area contributed by atoms with Crippen LogP contribution in [0.4, 0.5) is 0 Å². The molecule has 35 heavy (non-hydrogen) atoms. The van der Waals surface area contributed by atoms with Gasteiger partial charge in [-0.15, -0.1) is 0 Å². The van der Waals surface area contributed by atoms with Gasteiger partial charge < -0.3 is 29.2 Å². The number of aliphatic hydroxyl groups is 2. The van der Waals surface area contributed by atoms with Crippen molar-refractivity contribution < 1.29 is 38.7 Å². The molecular weight excluding hydrogens is 452 g/mol. The molecule has 0 aromatic heterocycles. The molecule has 0 saturated carbocycles. The predicted octanol–water partition coefficient (Wildman–Crippen LogP) is 2.91. The fraction of sp³-hybridized carbons (Fsp3) is 0.259. The molecule has 0 aliphatic carbocycles. The molecule has 1 fully saturated rings. The van der Waals surface area contributed by atoms with Crippen LogP contribution in [-0.4, -0.2) is 59.8 Å². The quantitative estimate of drug-likeness (QED) is 0.476. The Kier molecular flexibility index (Phi) is 8.23. The third-order valence-electron chi connectivity index (χ3n) is 5.53. The molecule has 1 saturated heterocycles. The molecule has 2 N–H and O–H groups in total. The van der Waals surface area contributed by atoms with Gasteiger partial charge in [-0.2, -0.15) is 0 Å². The van der Waals surface area contributed by atoms with E-state index in [0.29, 0.717) is 16.7 Å². The minimum absolute atomic E-state index is 0.269. The number of carbonyl (C=O) groups is 2. The van der Waals surface area contributed by atoms with Crippen molar-refractivity contribution in [3.8, 4) is 0 Å². The lowest BCUT2D eigenvalue weighted by Crippen LogP contribution is -2.55. The van der Waals surface area contributed by atoms with E-state index in [4.69, 9.17) is 18.9 Å². The largest absolute Gasteiger partial charge is 0.459 e. The zero-order chi connectivity index (χ0) is 24.6. The first-order chi connectivity index (χ1) is 17.0. The number of hydrogen-bond acceptors (Lipinski definition) is 8. The smallest absolute Gasteiger partial charge is 0.338 e. The van der Waals surface area contributed by atoms with Crippen molar-refractivity contribution >= 4 is 11.9 Å². The van der Waals surface area contributed by atoms with E-state index in [-0.39, 0.29) is 6.61 Å². The Labute approximate surface area is 202 Å². The second-order valence-corrected chi connectivity index (χ2v) is 8.00. The monoisotopic (exact) mass is 478 g/mol. The van der Waals surface area contributed by atoms with Gasteiger partial charge >= 0.3 is 11.9 Å². The lowest BCUT2D eigenvalue weighted by Gasteiger charge is -2.41. The summed E-state index contributed by atoms with van der Waals surface area (Å²) in [6, 6.07) is 25.8. The number of hydrogen-bond donors (Lipinski definition) is 2. The summed E-state index contributed by atoms with van der Waals surface area (Å²) in [5, 5.41) is 21.6. The van der Waals surface area contributed by atoms with Gasteiger partial charge in [0, 0.05) is 5.56 Å². The average Bonchev–Trinajstić information content (AvgIpc) is 2.92. The summed E-state index contributed by atoms with van der Waals surface area (Å²) in [6.07, 6.45) is -5.82. The molecule has 0 radical (unpaired) electrons. The summed E-state index contributed by atoms with van der Waals surface area (Å²) in [7, 11) is 0. The zero-order valence-electron chi connectivity index (χ0n) is 18.8. The molecule has 4 rings (SSSR count). The second kappa shape index (κ2) is 11.7. The second-order valence-electron chi connectivity index (χ2n) is 8.00. The van der Waals surface area contributed by atoms with Crippen LogP contribution in [0.2, 0.25) is 0 Å². The van der Waals surface area contributed by atoms with Crippen LogP contribution in [0.1, 0.15) is 32.6 Å². The standard InChI is InChI=1S/C27H26O8/c28-21(16-32-25(30)18-10-4-1-5-11-18)24-23(29)22(17-33-26(31)19-12-6-2-7-13-19)34-27(35-24)20-14-8-3-9-15-20/h1-15,21-24,27-29H,16-17H2/t21-,22+,23+,24+,27+/m1/s1. The Hall–Kier alpha value is -3.56. The van der Waals surface area contributed by atoms with Crippen LogP contribution in [0.3, 0.4) is 0 Å². The van der Waals surface area contributed by atoms with Gasteiger partial charge in [-0.05, 0) is 24.3 Å². The van der Waals surface area contributed by atoms with Crippen molar-refractivity contribution in [3.63, 3.8) is 0 Å². The van der Waals surface area contributed by atoms with Gasteiger partial charge in [-0.25, -0.2) is 9.59 Å². The molecule has 0 amide bonds. The fourth-order valence-electron chi connectivity index (χ4n) is 3.66. The molecule has 0 unspecified atom stereocenters. The Bertz CT molecular complexity index is 1090. The molecule has 3 aromatic rings. The highest BCUT2D eigenvalue weighted by molar-refractivity contribution is 5.89. The first kappa shape index (κ1) is 24.6. The van der Waals surface area contributed by atoms with Crippen molar-refractivity contribution in [2.75, 3.05) is 13.2 Å². The Morgan fingerprint density at radius 2 is 1.29 bits per heavy atom. The number of carbonyl (C=O) groups excluding carboxylic acids is 2. The van der Waals surface area contributed by atoms with Gasteiger partial charge in [0.15, 0.2) is 6.29 Å².